The SMILES string of the molecule is CC[C@@]1(O)C(=O)OCc2c1cc1n(c2=O)Cc2c-1nc1ccccc1c2[Si](C)(C)C(F)F. The lowest BCUT2D eigenvalue weighted by Gasteiger charge is -2.31. The normalized spacial score (nSPS) is 19.7. The summed E-state index contributed by atoms with van der Waals surface area (Å²) < 4.78 is 35.0. The number of aliphatic hydroxyl groups is 1. The topological polar surface area (TPSA) is 81.4 Å². The van der Waals surface area contributed by atoms with E-state index in [1.54, 1.807) is 50.3 Å². The fraction of sp³-hybridized carbons (Fsp3) is 0.348. The Balaban J connectivity index is 1.86. The molecule has 6 nitrogen and oxygen atoms in total. The van der Waals surface area contributed by atoms with Gasteiger partial charge in [-0.3, -0.25) is 4.79 Å². The molecule has 0 amide bonds. The lowest BCUT2D eigenvalue weighted by molar-refractivity contribution is -0.172. The van der Waals surface area contributed by atoms with Crippen molar-refractivity contribution >= 4 is 30.1 Å². The van der Waals surface area contributed by atoms with Crippen LogP contribution in [0, 0.1) is 0 Å². The first-order chi connectivity index (χ1) is 15.1. The third-order valence-electron chi connectivity index (χ3n) is 6.78. The summed E-state index contributed by atoms with van der Waals surface area (Å²) >= 11 is 0. The van der Waals surface area contributed by atoms with Crippen LogP contribution in [0.25, 0.3) is 22.3 Å². The van der Waals surface area contributed by atoms with Gasteiger partial charge in [-0.1, -0.05) is 38.2 Å². The van der Waals surface area contributed by atoms with Crippen molar-refractivity contribution in [2.75, 3.05) is 0 Å². The van der Waals surface area contributed by atoms with E-state index < -0.39 is 31.3 Å². The first-order valence-corrected chi connectivity index (χ1v) is 13.6. The minimum atomic E-state index is -3.23. The maximum absolute atomic E-state index is 14.2. The van der Waals surface area contributed by atoms with Gasteiger partial charge in [-0.15, -0.1) is 0 Å². The number of carbonyl (C=O) groups excluding carboxylic acids is 1. The third-order valence-corrected chi connectivity index (χ3v) is 9.74. The molecule has 4 heterocycles. The van der Waals surface area contributed by atoms with Gasteiger partial charge in [0, 0.05) is 10.9 Å². The Labute approximate surface area is 183 Å². The molecule has 0 saturated carbocycles. The number of nitrogens with zero attached hydrogens (tertiary/aromatic N) is 2. The van der Waals surface area contributed by atoms with E-state index in [-0.39, 0.29) is 30.7 Å². The highest BCUT2D eigenvalue weighted by molar-refractivity contribution is 6.92. The van der Waals surface area contributed by atoms with Crippen LogP contribution in [0.5, 0.6) is 0 Å². The average Bonchev–Trinajstić information content (AvgIpc) is 3.13. The number of benzene rings is 1. The van der Waals surface area contributed by atoms with Gasteiger partial charge < -0.3 is 14.4 Å². The molecule has 0 aliphatic carbocycles. The molecule has 5 rings (SSSR count). The molecular formula is C23H22F2N2O4Si. The molecule has 32 heavy (non-hydrogen) atoms. The molecule has 9 heteroatoms. The van der Waals surface area contributed by atoms with Crippen molar-refractivity contribution in [2.24, 2.45) is 0 Å². The van der Waals surface area contributed by atoms with Crippen molar-refractivity contribution < 1.29 is 23.4 Å². The molecule has 0 spiro atoms. The molecule has 2 aliphatic rings. The molecule has 1 atom stereocenters. The van der Waals surface area contributed by atoms with E-state index in [0.717, 1.165) is 0 Å². The molecule has 0 saturated heterocycles. The van der Waals surface area contributed by atoms with Crippen molar-refractivity contribution in [3.63, 3.8) is 0 Å². The molecular weight excluding hydrogens is 434 g/mol. The Bertz CT molecular complexity index is 1370. The number of aromatic nitrogens is 2. The second kappa shape index (κ2) is 6.79. The largest absolute Gasteiger partial charge is 0.458 e. The van der Waals surface area contributed by atoms with Gasteiger partial charge in [-0.05, 0) is 29.3 Å². The van der Waals surface area contributed by atoms with Crippen molar-refractivity contribution in [1.29, 1.82) is 0 Å². The number of esters is 1. The minimum Gasteiger partial charge on any atom is -0.458 e. The van der Waals surface area contributed by atoms with Crippen molar-refractivity contribution in [1.82, 2.24) is 9.55 Å². The molecule has 0 bridgehead atoms. The van der Waals surface area contributed by atoms with Crippen LogP contribution in [-0.4, -0.2) is 34.7 Å². The van der Waals surface area contributed by atoms with Gasteiger partial charge in [0.1, 0.15) is 6.61 Å². The highest BCUT2D eigenvalue weighted by Crippen LogP contribution is 2.39. The minimum absolute atomic E-state index is 0.0380. The van der Waals surface area contributed by atoms with E-state index in [0.29, 0.717) is 33.0 Å². The number of ether oxygens (including phenoxy) is 1. The first kappa shape index (κ1) is 21.0. The molecule has 1 aromatic carbocycles. The van der Waals surface area contributed by atoms with E-state index in [9.17, 15) is 23.5 Å². The van der Waals surface area contributed by atoms with Crippen LogP contribution in [0.2, 0.25) is 13.1 Å². The number of rotatable bonds is 3. The predicted octanol–water partition coefficient (Wildman–Crippen LogP) is 2.80. The van der Waals surface area contributed by atoms with Gasteiger partial charge >= 0.3 is 5.97 Å². The lowest BCUT2D eigenvalue weighted by atomic mass is 9.86. The number of hydrogen-bond acceptors (Lipinski definition) is 5. The number of para-hydroxylation sites is 1. The summed E-state index contributed by atoms with van der Waals surface area (Å²) in [6.45, 7) is 4.77. The summed E-state index contributed by atoms with van der Waals surface area (Å²) in [5.74, 6) is -0.798. The summed E-state index contributed by atoms with van der Waals surface area (Å²) in [6, 6.07) is 6.27. The monoisotopic (exact) mass is 456 g/mol. The maximum atomic E-state index is 14.2. The van der Waals surface area contributed by atoms with Crippen LogP contribution in [0.15, 0.2) is 35.1 Å². The first-order valence-electron chi connectivity index (χ1n) is 10.5. The lowest BCUT2D eigenvalue weighted by Crippen LogP contribution is -2.51. The zero-order valence-electron chi connectivity index (χ0n) is 17.9. The molecule has 0 unspecified atom stereocenters. The highest BCUT2D eigenvalue weighted by Gasteiger charge is 2.46. The fourth-order valence-corrected chi connectivity index (χ4v) is 6.97. The summed E-state index contributed by atoms with van der Waals surface area (Å²) in [5, 5.41) is 12.3. The fourth-order valence-electron chi connectivity index (χ4n) is 4.87. The highest BCUT2D eigenvalue weighted by atomic mass is 28.3. The summed E-state index contributed by atoms with van der Waals surface area (Å²) in [6.07, 6.45) is 0.0380. The quantitative estimate of drug-likeness (QED) is 0.379. The van der Waals surface area contributed by atoms with Crippen LogP contribution < -0.4 is 10.7 Å². The Morgan fingerprint density at radius 2 is 1.97 bits per heavy atom. The van der Waals surface area contributed by atoms with Gasteiger partial charge in [0.05, 0.1) is 29.0 Å². The third kappa shape index (κ3) is 2.61. The van der Waals surface area contributed by atoms with Gasteiger partial charge in [0.15, 0.2) is 13.7 Å². The van der Waals surface area contributed by atoms with Gasteiger partial charge in [0.2, 0.25) is 6.05 Å². The smallest absolute Gasteiger partial charge is 0.343 e. The van der Waals surface area contributed by atoms with Crippen LogP contribution in [0.4, 0.5) is 8.78 Å². The second-order valence-corrected chi connectivity index (χ2v) is 13.3. The molecule has 3 aromatic rings. The Morgan fingerprint density at radius 3 is 2.66 bits per heavy atom. The number of carbonyl (C=O) groups is 1. The maximum Gasteiger partial charge on any atom is 0.343 e. The van der Waals surface area contributed by atoms with E-state index >= 15 is 0 Å². The van der Waals surface area contributed by atoms with Crippen LogP contribution in [0.1, 0.15) is 30.0 Å². The molecule has 0 fully saturated rings. The zero-order valence-corrected chi connectivity index (χ0v) is 18.9. The second-order valence-electron chi connectivity index (χ2n) is 8.96. The van der Waals surface area contributed by atoms with Crippen molar-refractivity contribution in [2.45, 2.75) is 51.2 Å². The number of cyclic esters (lactones) is 1. The summed E-state index contributed by atoms with van der Waals surface area (Å²) in [4.78, 5) is 30.4. The zero-order chi connectivity index (χ0) is 23.0. The number of alkyl halides is 2. The molecule has 0 radical (unpaired) electrons. The Kier molecular flexibility index (Phi) is 4.45. The van der Waals surface area contributed by atoms with E-state index in [1.165, 1.54) is 4.57 Å². The van der Waals surface area contributed by atoms with Gasteiger partial charge in [-0.25, -0.2) is 18.6 Å². The van der Waals surface area contributed by atoms with E-state index in [1.807, 2.05) is 0 Å². The molecule has 2 aromatic heterocycles. The summed E-state index contributed by atoms with van der Waals surface area (Å²) in [5.41, 5.74) is 0.166. The number of fused-ring (bicyclic) bond motifs is 5. The van der Waals surface area contributed by atoms with E-state index in [2.05, 4.69) is 0 Å². The van der Waals surface area contributed by atoms with Crippen molar-refractivity contribution in [3.05, 3.63) is 57.4 Å². The number of hydrogen-bond donors (Lipinski definition) is 1. The Hall–Kier alpha value is -2.91. The van der Waals surface area contributed by atoms with Crippen LogP contribution in [-0.2, 0) is 28.3 Å². The average molecular weight is 457 g/mol. The standard InChI is InChI=1S/C23H22F2N2O4Si/c1-4-23(30)15-9-17-18-13(10-27(17)20(28)14(15)11-31-21(23)29)19(32(2,3)22(24)25)12-7-5-6-8-16(12)26-18/h5-9,22,30H,4,10-11H2,1-3H3/t23-/m0/s1. The number of pyridine rings is 2. The molecule has 1 N–H and O–H groups in total. The molecule has 2 aliphatic heterocycles. The predicted molar refractivity (Wildman–Crippen MR) is 118 cm³/mol. The Morgan fingerprint density at radius 1 is 1.25 bits per heavy atom. The van der Waals surface area contributed by atoms with Gasteiger partial charge in [-0.2, -0.15) is 0 Å². The van der Waals surface area contributed by atoms with Gasteiger partial charge in [0.25, 0.3) is 5.56 Å². The van der Waals surface area contributed by atoms with E-state index in [4.69, 9.17) is 9.72 Å². The van der Waals surface area contributed by atoms with Crippen LogP contribution in [0.3, 0.4) is 0 Å². The summed E-state index contributed by atoms with van der Waals surface area (Å²) in [7, 11) is -3.23. The van der Waals surface area contributed by atoms with Crippen molar-refractivity contribution in [3.8, 4) is 11.4 Å². The van der Waals surface area contributed by atoms with Crippen LogP contribution >= 0.6 is 0 Å². The number of halogens is 2. The molecule has 166 valence electrons.